The molecule has 1 fully saturated rings. The first-order valence-corrected chi connectivity index (χ1v) is 6.46. The van der Waals surface area contributed by atoms with E-state index in [9.17, 15) is 9.90 Å². The Morgan fingerprint density at radius 3 is 2.53 bits per heavy atom. The van der Waals surface area contributed by atoms with Crippen LogP contribution >= 0.6 is 0 Å². The Kier molecular flexibility index (Phi) is 4.80. The first-order chi connectivity index (χ1) is 7.87. The highest BCUT2D eigenvalue weighted by atomic mass is 16.6. The summed E-state index contributed by atoms with van der Waals surface area (Å²) in [6, 6.07) is 0. The molecule has 2 atom stereocenters. The molecule has 0 spiro atoms. The van der Waals surface area contributed by atoms with Crippen LogP contribution in [0.5, 0.6) is 0 Å². The number of carbonyl (C=O) groups is 1. The van der Waals surface area contributed by atoms with Gasteiger partial charge in [-0.15, -0.1) is 0 Å². The van der Waals surface area contributed by atoms with Crippen LogP contribution in [0.15, 0.2) is 0 Å². The lowest BCUT2D eigenvalue weighted by Gasteiger charge is -2.38. The molecule has 4 heteroatoms. The molecule has 0 saturated carbocycles. The van der Waals surface area contributed by atoms with Crippen LogP contribution in [-0.4, -0.2) is 41.4 Å². The summed E-state index contributed by atoms with van der Waals surface area (Å²) in [6.45, 7) is 9.36. The van der Waals surface area contributed by atoms with Crippen molar-refractivity contribution in [2.45, 2.75) is 46.1 Å². The van der Waals surface area contributed by atoms with Gasteiger partial charge in [-0.25, -0.2) is 4.79 Å². The summed E-state index contributed by atoms with van der Waals surface area (Å²) in [6.07, 6.45) is 1.63. The third-order valence-corrected chi connectivity index (χ3v) is 3.30. The highest BCUT2D eigenvalue weighted by Gasteiger charge is 2.32. The van der Waals surface area contributed by atoms with Crippen molar-refractivity contribution in [1.82, 2.24) is 4.90 Å². The number of hydrogen-bond donors (Lipinski definition) is 1. The number of aliphatic hydroxyl groups is 1. The number of aliphatic hydroxyl groups excluding tert-OH is 1. The largest absolute Gasteiger partial charge is 0.444 e. The minimum Gasteiger partial charge on any atom is -0.444 e. The van der Waals surface area contributed by atoms with Crippen molar-refractivity contribution in [1.29, 1.82) is 0 Å². The van der Waals surface area contributed by atoms with Gasteiger partial charge in [0.2, 0.25) is 0 Å². The second-order valence-electron chi connectivity index (χ2n) is 5.83. The Bertz CT molecular complexity index is 260. The van der Waals surface area contributed by atoms with Crippen molar-refractivity contribution in [2.75, 3.05) is 19.7 Å². The summed E-state index contributed by atoms with van der Waals surface area (Å²) >= 11 is 0. The van der Waals surface area contributed by atoms with E-state index < -0.39 is 5.60 Å². The van der Waals surface area contributed by atoms with Gasteiger partial charge in [-0.05, 0) is 39.0 Å². The lowest BCUT2D eigenvalue weighted by Crippen LogP contribution is -2.46. The van der Waals surface area contributed by atoms with Gasteiger partial charge in [-0.3, -0.25) is 0 Å². The van der Waals surface area contributed by atoms with Crippen LogP contribution in [0.25, 0.3) is 0 Å². The minimum atomic E-state index is -0.438. The number of likely N-dealkylation sites (tertiary alicyclic amines) is 1. The molecular formula is C13H25NO3. The zero-order chi connectivity index (χ0) is 13.1. The van der Waals surface area contributed by atoms with E-state index in [1.807, 2.05) is 20.8 Å². The fraction of sp³-hybridized carbons (Fsp3) is 0.923. The van der Waals surface area contributed by atoms with Gasteiger partial charge < -0.3 is 14.7 Å². The van der Waals surface area contributed by atoms with Crippen LogP contribution in [0, 0.1) is 11.8 Å². The summed E-state index contributed by atoms with van der Waals surface area (Å²) in [4.78, 5) is 13.7. The van der Waals surface area contributed by atoms with Gasteiger partial charge in [0.25, 0.3) is 0 Å². The van der Waals surface area contributed by atoms with Crippen molar-refractivity contribution < 1.29 is 14.6 Å². The highest BCUT2D eigenvalue weighted by molar-refractivity contribution is 5.68. The van der Waals surface area contributed by atoms with Crippen LogP contribution in [0.2, 0.25) is 0 Å². The van der Waals surface area contributed by atoms with E-state index in [-0.39, 0.29) is 12.7 Å². The van der Waals surface area contributed by atoms with Crippen molar-refractivity contribution in [3.05, 3.63) is 0 Å². The van der Waals surface area contributed by atoms with E-state index in [0.29, 0.717) is 24.9 Å². The predicted molar refractivity (Wildman–Crippen MR) is 66.8 cm³/mol. The number of carbonyl (C=O) groups excluding carboxylic acids is 1. The summed E-state index contributed by atoms with van der Waals surface area (Å²) in [5.41, 5.74) is -0.438. The Labute approximate surface area is 104 Å². The van der Waals surface area contributed by atoms with Gasteiger partial charge in [-0.1, -0.05) is 13.3 Å². The third kappa shape index (κ3) is 4.19. The summed E-state index contributed by atoms with van der Waals surface area (Å²) in [5.74, 6) is 0.722. The van der Waals surface area contributed by atoms with Gasteiger partial charge in [0.1, 0.15) is 5.60 Å². The number of amides is 1. The molecule has 1 heterocycles. The van der Waals surface area contributed by atoms with Gasteiger partial charge in [-0.2, -0.15) is 0 Å². The molecule has 4 nitrogen and oxygen atoms in total. The average Bonchev–Trinajstić information content (AvgIpc) is 2.25. The maximum atomic E-state index is 11.9. The summed E-state index contributed by atoms with van der Waals surface area (Å²) in [5, 5.41) is 9.27. The van der Waals surface area contributed by atoms with Crippen LogP contribution in [0.4, 0.5) is 4.79 Å². The summed E-state index contributed by atoms with van der Waals surface area (Å²) < 4.78 is 5.36. The minimum absolute atomic E-state index is 0.223. The molecule has 0 aromatic rings. The molecule has 0 bridgehead atoms. The number of ether oxygens (including phenoxy) is 1. The topological polar surface area (TPSA) is 49.8 Å². The molecule has 1 aliphatic rings. The SMILES string of the molecule is CC[C@H]1CN(C(=O)OC(C)(C)C)CC[C@H]1CO. The molecular weight excluding hydrogens is 218 g/mol. The van der Waals surface area contributed by atoms with E-state index >= 15 is 0 Å². The molecule has 0 radical (unpaired) electrons. The molecule has 1 amide bonds. The van der Waals surface area contributed by atoms with Crippen LogP contribution < -0.4 is 0 Å². The Hall–Kier alpha value is -0.770. The molecule has 1 aliphatic heterocycles. The Morgan fingerprint density at radius 1 is 1.41 bits per heavy atom. The number of piperidine rings is 1. The maximum absolute atomic E-state index is 11.9. The van der Waals surface area contributed by atoms with Crippen molar-refractivity contribution in [2.24, 2.45) is 11.8 Å². The quantitative estimate of drug-likeness (QED) is 0.809. The van der Waals surface area contributed by atoms with E-state index in [1.54, 1.807) is 4.90 Å². The zero-order valence-electron chi connectivity index (χ0n) is 11.4. The Morgan fingerprint density at radius 2 is 2.06 bits per heavy atom. The second-order valence-corrected chi connectivity index (χ2v) is 5.83. The van der Waals surface area contributed by atoms with Gasteiger partial charge in [0, 0.05) is 19.7 Å². The molecule has 1 saturated heterocycles. The van der Waals surface area contributed by atoms with Crippen molar-refractivity contribution in [3.8, 4) is 0 Å². The fourth-order valence-electron chi connectivity index (χ4n) is 2.28. The fourth-order valence-corrected chi connectivity index (χ4v) is 2.28. The predicted octanol–water partition coefficient (Wildman–Crippen LogP) is 2.26. The van der Waals surface area contributed by atoms with Crippen LogP contribution in [0.3, 0.4) is 0 Å². The molecule has 0 unspecified atom stereocenters. The van der Waals surface area contributed by atoms with Crippen molar-refractivity contribution in [3.63, 3.8) is 0 Å². The molecule has 0 aromatic carbocycles. The zero-order valence-corrected chi connectivity index (χ0v) is 11.4. The normalized spacial score (nSPS) is 25.8. The van der Waals surface area contributed by atoms with Crippen molar-refractivity contribution >= 4 is 6.09 Å². The third-order valence-electron chi connectivity index (χ3n) is 3.30. The van der Waals surface area contributed by atoms with E-state index in [2.05, 4.69) is 6.92 Å². The molecule has 1 rings (SSSR count). The van der Waals surface area contributed by atoms with E-state index in [0.717, 1.165) is 12.8 Å². The molecule has 0 aliphatic carbocycles. The molecule has 0 aromatic heterocycles. The smallest absolute Gasteiger partial charge is 0.410 e. The molecule has 100 valence electrons. The monoisotopic (exact) mass is 243 g/mol. The lowest BCUT2D eigenvalue weighted by molar-refractivity contribution is 0.00450. The first kappa shape index (κ1) is 14.3. The number of hydrogen-bond acceptors (Lipinski definition) is 3. The first-order valence-electron chi connectivity index (χ1n) is 6.46. The average molecular weight is 243 g/mol. The second kappa shape index (κ2) is 5.71. The van der Waals surface area contributed by atoms with E-state index in [4.69, 9.17) is 4.74 Å². The van der Waals surface area contributed by atoms with E-state index in [1.165, 1.54) is 0 Å². The van der Waals surface area contributed by atoms with Crippen LogP contribution in [-0.2, 0) is 4.74 Å². The van der Waals surface area contributed by atoms with Crippen LogP contribution in [0.1, 0.15) is 40.5 Å². The van der Waals surface area contributed by atoms with Gasteiger partial charge >= 0.3 is 6.09 Å². The lowest BCUT2D eigenvalue weighted by atomic mass is 9.84. The van der Waals surface area contributed by atoms with Gasteiger partial charge in [0.05, 0.1) is 0 Å². The van der Waals surface area contributed by atoms with Gasteiger partial charge in [0.15, 0.2) is 0 Å². The summed E-state index contributed by atoms with van der Waals surface area (Å²) in [7, 11) is 0. The maximum Gasteiger partial charge on any atom is 0.410 e. The standard InChI is InChI=1S/C13H25NO3/c1-5-10-8-14(7-6-11(10)9-15)12(16)17-13(2,3)4/h10-11,15H,5-9H2,1-4H3/t10-,11-/m0/s1. The Balaban J connectivity index is 2.54. The highest BCUT2D eigenvalue weighted by Crippen LogP contribution is 2.26. The number of nitrogens with zero attached hydrogens (tertiary/aromatic N) is 1. The number of rotatable bonds is 2. The molecule has 1 N–H and O–H groups in total. The molecule has 17 heavy (non-hydrogen) atoms.